The van der Waals surface area contributed by atoms with Gasteiger partial charge < -0.3 is 23.7 Å². The van der Waals surface area contributed by atoms with E-state index in [0.717, 1.165) is 0 Å². The molecule has 3 rings (SSSR count). The number of ketones is 1. The van der Waals surface area contributed by atoms with Gasteiger partial charge in [0.15, 0.2) is 23.9 Å². The minimum Gasteiger partial charge on any atom is -0.493 e. The van der Waals surface area contributed by atoms with Gasteiger partial charge in [0.25, 0.3) is 0 Å². The number of ether oxygens (including phenoxy) is 5. The van der Waals surface area contributed by atoms with Gasteiger partial charge in [0.1, 0.15) is 5.75 Å². The van der Waals surface area contributed by atoms with E-state index >= 15 is 0 Å². The molecule has 0 saturated carbocycles. The molecule has 0 heterocycles. The van der Waals surface area contributed by atoms with Crippen molar-refractivity contribution in [2.45, 2.75) is 0 Å². The second kappa shape index (κ2) is 10.8. The Bertz CT molecular complexity index is 1110. The van der Waals surface area contributed by atoms with Crippen LogP contribution in [0.4, 0.5) is 0 Å². The van der Waals surface area contributed by atoms with Crippen LogP contribution >= 0.6 is 0 Å². The van der Waals surface area contributed by atoms with E-state index in [1.807, 2.05) is 0 Å². The third-order valence-electron chi connectivity index (χ3n) is 4.63. The van der Waals surface area contributed by atoms with Crippen molar-refractivity contribution in [3.63, 3.8) is 0 Å². The predicted molar refractivity (Wildman–Crippen MR) is 119 cm³/mol. The zero-order chi connectivity index (χ0) is 23.8. The monoisotopic (exact) mass is 450 g/mol. The largest absolute Gasteiger partial charge is 0.493 e. The third kappa shape index (κ3) is 5.68. The number of rotatable bonds is 9. The summed E-state index contributed by atoms with van der Waals surface area (Å²) in [5, 5.41) is 0. The molecule has 0 aliphatic carbocycles. The smallest absolute Gasteiger partial charge is 0.343 e. The normalized spacial score (nSPS) is 10.2. The lowest BCUT2D eigenvalue weighted by Crippen LogP contribution is -2.15. The molecule has 0 N–H and O–H groups in total. The van der Waals surface area contributed by atoms with Gasteiger partial charge in [-0.1, -0.05) is 18.2 Å². The van der Waals surface area contributed by atoms with Crippen molar-refractivity contribution >= 4 is 17.7 Å². The molecule has 8 nitrogen and oxygen atoms in total. The molecule has 0 bridgehead atoms. The van der Waals surface area contributed by atoms with Crippen LogP contribution in [-0.4, -0.2) is 45.7 Å². The fourth-order valence-electron chi connectivity index (χ4n) is 2.95. The highest BCUT2D eigenvalue weighted by molar-refractivity contribution is 5.99. The highest BCUT2D eigenvalue weighted by Gasteiger charge is 2.19. The van der Waals surface area contributed by atoms with E-state index in [-0.39, 0.29) is 22.8 Å². The van der Waals surface area contributed by atoms with Crippen molar-refractivity contribution in [2.75, 3.05) is 27.9 Å². The molecule has 0 fully saturated rings. The van der Waals surface area contributed by atoms with E-state index in [9.17, 15) is 14.4 Å². The minimum absolute atomic E-state index is 0.139. The summed E-state index contributed by atoms with van der Waals surface area (Å²) in [4.78, 5) is 37.0. The summed E-state index contributed by atoms with van der Waals surface area (Å²) in [5.74, 6) is -0.455. The number of methoxy groups -OCH3 is 3. The number of hydrogen-bond acceptors (Lipinski definition) is 8. The Balaban J connectivity index is 1.61. The van der Waals surface area contributed by atoms with Crippen LogP contribution in [0.15, 0.2) is 66.7 Å². The number of Topliss-reactive ketones (excluding diaryl/α,β-unsaturated/α-hetero) is 1. The number of carbonyl (C=O) groups is 3. The number of benzene rings is 3. The first-order chi connectivity index (χ1) is 16.0. The van der Waals surface area contributed by atoms with Crippen LogP contribution in [0.25, 0.3) is 0 Å². The van der Waals surface area contributed by atoms with E-state index < -0.39 is 24.3 Å². The molecule has 0 saturated heterocycles. The Kier molecular flexibility index (Phi) is 7.64. The maximum absolute atomic E-state index is 12.4. The second-order valence-corrected chi connectivity index (χ2v) is 6.69. The van der Waals surface area contributed by atoms with Crippen molar-refractivity contribution in [2.24, 2.45) is 0 Å². The number of hydrogen-bond donors (Lipinski definition) is 0. The summed E-state index contributed by atoms with van der Waals surface area (Å²) < 4.78 is 26.1. The summed E-state index contributed by atoms with van der Waals surface area (Å²) >= 11 is 0. The first-order valence-electron chi connectivity index (χ1n) is 9.84. The fraction of sp³-hybridized carbons (Fsp3) is 0.160. The van der Waals surface area contributed by atoms with Gasteiger partial charge in [-0.2, -0.15) is 0 Å². The van der Waals surface area contributed by atoms with Gasteiger partial charge in [0.2, 0.25) is 5.75 Å². The van der Waals surface area contributed by atoms with Crippen LogP contribution in [0.1, 0.15) is 31.1 Å². The van der Waals surface area contributed by atoms with E-state index in [0.29, 0.717) is 16.9 Å². The molecule has 0 unspecified atom stereocenters. The van der Waals surface area contributed by atoms with Crippen LogP contribution in [0.5, 0.6) is 23.0 Å². The molecular weight excluding hydrogens is 428 g/mol. The third-order valence-corrected chi connectivity index (χ3v) is 4.63. The van der Waals surface area contributed by atoms with E-state index in [1.165, 1.54) is 57.7 Å². The van der Waals surface area contributed by atoms with Gasteiger partial charge in [-0.15, -0.1) is 0 Å². The first-order valence-corrected chi connectivity index (χ1v) is 9.84. The number of carbonyl (C=O) groups excluding carboxylic acids is 3. The fourth-order valence-corrected chi connectivity index (χ4v) is 2.95. The van der Waals surface area contributed by atoms with E-state index in [4.69, 9.17) is 23.7 Å². The molecular formula is C25H22O8. The zero-order valence-electron chi connectivity index (χ0n) is 18.3. The zero-order valence-corrected chi connectivity index (χ0v) is 18.3. The van der Waals surface area contributed by atoms with Crippen LogP contribution in [0, 0.1) is 0 Å². The van der Waals surface area contributed by atoms with Crippen LogP contribution in [-0.2, 0) is 4.74 Å². The summed E-state index contributed by atoms with van der Waals surface area (Å²) in [6.07, 6.45) is 0. The molecule has 0 spiro atoms. The average molecular weight is 450 g/mol. The SMILES string of the molecule is COc1cc(C(=O)OCC(=O)c2ccc(OC(=O)c3ccccc3)cc2)cc(OC)c1OC. The molecule has 33 heavy (non-hydrogen) atoms. The van der Waals surface area contributed by atoms with Crippen molar-refractivity contribution in [1.82, 2.24) is 0 Å². The highest BCUT2D eigenvalue weighted by atomic mass is 16.5. The lowest BCUT2D eigenvalue weighted by Gasteiger charge is -2.13. The summed E-state index contributed by atoms with van der Waals surface area (Å²) in [7, 11) is 4.30. The van der Waals surface area contributed by atoms with Gasteiger partial charge in [-0.3, -0.25) is 4.79 Å². The maximum Gasteiger partial charge on any atom is 0.343 e. The summed E-state index contributed by atoms with van der Waals surface area (Å²) in [5.41, 5.74) is 0.851. The van der Waals surface area contributed by atoms with Crippen molar-refractivity contribution in [1.29, 1.82) is 0 Å². The van der Waals surface area contributed by atoms with Gasteiger partial charge in [0.05, 0.1) is 32.5 Å². The molecule has 3 aromatic rings. The summed E-state index contributed by atoms with van der Waals surface area (Å²) in [6.45, 7) is -0.474. The first kappa shape index (κ1) is 23.3. The topological polar surface area (TPSA) is 97.4 Å². The lowest BCUT2D eigenvalue weighted by atomic mass is 10.1. The molecule has 0 radical (unpaired) electrons. The maximum atomic E-state index is 12.4. The highest BCUT2D eigenvalue weighted by Crippen LogP contribution is 2.38. The van der Waals surface area contributed by atoms with Gasteiger partial charge in [-0.05, 0) is 48.5 Å². The second-order valence-electron chi connectivity index (χ2n) is 6.69. The molecule has 0 aliphatic heterocycles. The van der Waals surface area contributed by atoms with Gasteiger partial charge in [-0.25, -0.2) is 9.59 Å². The molecule has 0 aliphatic rings. The molecule has 170 valence electrons. The van der Waals surface area contributed by atoms with Gasteiger partial charge in [0, 0.05) is 5.56 Å². The lowest BCUT2D eigenvalue weighted by molar-refractivity contribution is 0.0474. The Morgan fingerprint density at radius 3 is 1.82 bits per heavy atom. The average Bonchev–Trinajstić information content (AvgIpc) is 2.86. The predicted octanol–water partition coefficient (Wildman–Crippen LogP) is 3.97. The minimum atomic E-state index is -0.726. The Morgan fingerprint density at radius 1 is 0.667 bits per heavy atom. The molecule has 0 amide bonds. The Labute approximate surface area is 190 Å². The molecule has 0 atom stereocenters. The van der Waals surface area contributed by atoms with Crippen molar-refractivity contribution in [3.05, 3.63) is 83.4 Å². The van der Waals surface area contributed by atoms with E-state index in [2.05, 4.69) is 0 Å². The molecule has 0 aromatic heterocycles. The standard InChI is InChI=1S/C25H22O8/c1-29-21-13-18(14-22(30-2)23(21)31-3)24(27)32-15-20(26)16-9-11-19(12-10-16)33-25(28)17-7-5-4-6-8-17/h4-14H,15H2,1-3H3. The van der Waals surface area contributed by atoms with Crippen LogP contribution < -0.4 is 18.9 Å². The van der Waals surface area contributed by atoms with Crippen LogP contribution in [0.2, 0.25) is 0 Å². The summed E-state index contributed by atoms with van der Waals surface area (Å²) in [6, 6.07) is 17.4. The number of esters is 2. The van der Waals surface area contributed by atoms with Gasteiger partial charge >= 0.3 is 11.9 Å². The molecule has 3 aromatic carbocycles. The molecule has 8 heteroatoms. The van der Waals surface area contributed by atoms with E-state index in [1.54, 1.807) is 30.3 Å². The van der Waals surface area contributed by atoms with Crippen molar-refractivity contribution in [3.8, 4) is 23.0 Å². The Hall–Kier alpha value is -4.33. The quantitative estimate of drug-likeness (QED) is 0.274. The van der Waals surface area contributed by atoms with Crippen molar-refractivity contribution < 1.29 is 38.1 Å². The Morgan fingerprint density at radius 2 is 1.27 bits per heavy atom. The van der Waals surface area contributed by atoms with Crippen LogP contribution in [0.3, 0.4) is 0 Å².